The van der Waals surface area contributed by atoms with Gasteiger partial charge in [-0.3, -0.25) is 4.79 Å². The standard InChI is InChI=1S/C20H21N5O2S/c1-3-25-19(15-10-8-14(2)9-11-15)23-24-20(25)28-13-18(27)22-21-12-16-6-4-5-7-17(16)26/h4-12,26H,3,13H2,1-2H3,(H,22,27)/b21-12-. The molecule has 0 unspecified atom stereocenters. The minimum Gasteiger partial charge on any atom is -0.507 e. The van der Waals surface area contributed by atoms with Gasteiger partial charge in [0.1, 0.15) is 5.75 Å². The van der Waals surface area contributed by atoms with E-state index in [0.717, 1.165) is 11.4 Å². The van der Waals surface area contributed by atoms with E-state index in [2.05, 4.69) is 20.7 Å². The molecule has 7 nitrogen and oxygen atoms in total. The Morgan fingerprint density at radius 2 is 1.96 bits per heavy atom. The lowest BCUT2D eigenvalue weighted by Gasteiger charge is -2.07. The van der Waals surface area contributed by atoms with Crippen molar-refractivity contribution in [2.45, 2.75) is 25.5 Å². The van der Waals surface area contributed by atoms with E-state index in [9.17, 15) is 9.90 Å². The third-order valence-electron chi connectivity index (χ3n) is 4.00. The van der Waals surface area contributed by atoms with E-state index in [1.165, 1.54) is 23.5 Å². The number of hydrogen-bond donors (Lipinski definition) is 2. The van der Waals surface area contributed by atoms with Gasteiger partial charge in [0.25, 0.3) is 5.91 Å². The molecule has 0 aliphatic rings. The molecule has 8 heteroatoms. The van der Waals surface area contributed by atoms with Crippen LogP contribution >= 0.6 is 11.8 Å². The van der Waals surface area contributed by atoms with Gasteiger partial charge < -0.3 is 9.67 Å². The molecule has 0 bridgehead atoms. The van der Waals surface area contributed by atoms with Crippen molar-refractivity contribution in [1.82, 2.24) is 20.2 Å². The fraction of sp³-hybridized carbons (Fsp3) is 0.200. The summed E-state index contributed by atoms with van der Waals surface area (Å²) in [5.41, 5.74) is 5.16. The van der Waals surface area contributed by atoms with E-state index in [-0.39, 0.29) is 17.4 Å². The van der Waals surface area contributed by atoms with Gasteiger partial charge in [0.15, 0.2) is 11.0 Å². The Morgan fingerprint density at radius 3 is 2.68 bits per heavy atom. The number of carbonyl (C=O) groups excluding carboxylic acids is 1. The zero-order valence-corrected chi connectivity index (χ0v) is 16.5. The second kappa shape index (κ2) is 9.18. The summed E-state index contributed by atoms with van der Waals surface area (Å²) in [5, 5.41) is 22.7. The number of aromatic hydroxyl groups is 1. The average molecular weight is 395 g/mol. The number of aryl methyl sites for hydroxylation is 1. The van der Waals surface area contributed by atoms with E-state index in [0.29, 0.717) is 17.3 Å². The minimum absolute atomic E-state index is 0.106. The van der Waals surface area contributed by atoms with Gasteiger partial charge in [0.2, 0.25) is 0 Å². The van der Waals surface area contributed by atoms with Crippen LogP contribution in [0.25, 0.3) is 11.4 Å². The van der Waals surface area contributed by atoms with Gasteiger partial charge in [-0.15, -0.1) is 10.2 Å². The lowest BCUT2D eigenvalue weighted by molar-refractivity contribution is -0.118. The highest BCUT2D eigenvalue weighted by Gasteiger charge is 2.14. The van der Waals surface area contributed by atoms with Crippen molar-refractivity contribution in [2.75, 3.05) is 5.75 Å². The second-order valence-electron chi connectivity index (χ2n) is 6.06. The predicted molar refractivity (Wildman–Crippen MR) is 110 cm³/mol. The van der Waals surface area contributed by atoms with E-state index in [4.69, 9.17) is 0 Å². The molecule has 0 aliphatic carbocycles. The summed E-state index contributed by atoms with van der Waals surface area (Å²) in [7, 11) is 0. The van der Waals surface area contributed by atoms with Crippen molar-refractivity contribution in [3.8, 4) is 17.1 Å². The van der Waals surface area contributed by atoms with Crippen LogP contribution in [-0.2, 0) is 11.3 Å². The van der Waals surface area contributed by atoms with Gasteiger partial charge in [-0.05, 0) is 26.0 Å². The molecular formula is C20H21N5O2S. The zero-order valence-electron chi connectivity index (χ0n) is 15.7. The molecule has 3 aromatic rings. The summed E-state index contributed by atoms with van der Waals surface area (Å²) in [6, 6.07) is 14.9. The number of phenolic OH excluding ortho intramolecular Hbond substituents is 1. The largest absolute Gasteiger partial charge is 0.507 e. The Bertz CT molecular complexity index is 983. The number of carbonyl (C=O) groups is 1. The minimum atomic E-state index is -0.265. The number of thioether (sulfide) groups is 1. The highest BCUT2D eigenvalue weighted by Crippen LogP contribution is 2.24. The van der Waals surface area contributed by atoms with Crippen molar-refractivity contribution < 1.29 is 9.90 Å². The molecule has 0 radical (unpaired) electrons. The van der Waals surface area contributed by atoms with Crippen molar-refractivity contribution in [3.63, 3.8) is 0 Å². The predicted octanol–water partition coefficient (Wildman–Crippen LogP) is 3.22. The van der Waals surface area contributed by atoms with Crippen molar-refractivity contribution in [3.05, 3.63) is 59.7 Å². The van der Waals surface area contributed by atoms with E-state index in [1.807, 2.05) is 42.7 Å². The summed E-state index contributed by atoms with van der Waals surface area (Å²) < 4.78 is 1.98. The van der Waals surface area contributed by atoms with Crippen molar-refractivity contribution >= 4 is 23.9 Å². The first kappa shape index (κ1) is 19.6. The Morgan fingerprint density at radius 1 is 1.21 bits per heavy atom. The van der Waals surface area contributed by atoms with Crippen LogP contribution in [0.5, 0.6) is 5.75 Å². The molecule has 1 aromatic heterocycles. The molecule has 0 fully saturated rings. The van der Waals surface area contributed by atoms with Gasteiger partial charge in [0, 0.05) is 17.7 Å². The molecule has 0 saturated heterocycles. The average Bonchev–Trinajstić information content (AvgIpc) is 3.11. The van der Waals surface area contributed by atoms with Crippen LogP contribution in [0.15, 0.2) is 58.8 Å². The molecule has 1 amide bonds. The Hall–Kier alpha value is -3.13. The molecule has 0 saturated carbocycles. The monoisotopic (exact) mass is 395 g/mol. The Kier molecular flexibility index (Phi) is 6.44. The van der Waals surface area contributed by atoms with Gasteiger partial charge in [0.05, 0.1) is 12.0 Å². The summed E-state index contributed by atoms with van der Waals surface area (Å²) in [4.78, 5) is 12.0. The normalized spacial score (nSPS) is 11.1. The summed E-state index contributed by atoms with van der Waals surface area (Å²) in [6.07, 6.45) is 1.40. The second-order valence-corrected chi connectivity index (χ2v) is 7.00. The number of benzene rings is 2. The molecule has 0 atom stereocenters. The summed E-state index contributed by atoms with van der Waals surface area (Å²) in [6.45, 7) is 4.75. The third-order valence-corrected chi connectivity index (χ3v) is 4.97. The van der Waals surface area contributed by atoms with Crippen LogP contribution in [0.2, 0.25) is 0 Å². The van der Waals surface area contributed by atoms with Crippen molar-refractivity contribution in [2.24, 2.45) is 5.10 Å². The van der Waals surface area contributed by atoms with E-state index < -0.39 is 0 Å². The number of amides is 1. The van der Waals surface area contributed by atoms with Gasteiger partial charge in [-0.1, -0.05) is 53.7 Å². The number of phenols is 1. The van der Waals surface area contributed by atoms with Gasteiger partial charge in [-0.25, -0.2) is 5.43 Å². The van der Waals surface area contributed by atoms with E-state index in [1.54, 1.807) is 24.3 Å². The van der Waals surface area contributed by atoms with Crippen LogP contribution in [-0.4, -0.2) is 37.7 Å². The molecule has 144 valence electrons. The first-order chi connectivity index (χ1) is 13.6. The fourth-order valence-electron chi connectivity index (χ4n) is 2.53. The lowest BCUT2D eigenvalue weighted by Crippen LogP contribution is -2.20. The molecule has 1 heterocycles. The molecule has 2 aromatic carbocycles. The van der Waals surface area contributed by atoms with Gasteiger partial charge >= 0.3 is 0 Å². The molecule has 0 aliphatic heterocycles. The van der Waals surface area contributed by atoms with Crippen LogP contribution in [0, 0.1) is 6.92 Å². The van der Waals surface area contributed by atoms with Crippen molar-refractivity contribution in [1.29, 1.82) is 0 Å². The van der Waals surface area contributed by atoms with E-state index >= 15 is 0 Å². The number of hydrogen-bond acceptors (Lipinski definition) is 6. The number of hydrazone groups is 1. The number of aromatic nitrogens is 3. The smallest absolute Gasteiger partial charge is 0.250 e. The topological polar surface area (TPSA) is 92.4 Å². The number of nitrogens with zero attached hydrogens (tertiary/aromatic N) is 4. The van der Waals surface area contributed by atoms with Crippen LogP contribution < -0.4 is 5.43 Å². The Labute approximate surface area is 167 Å². The number of para-hydroxylation sites is 1. The third kappa shape index (κ3) is 4.77. The molecule has 3 rings (SSSR count). The lowest BCUT2D eigenvalue weighted by atomic mass is 10.1. The highest BCUT2D eigenvalue weighted by atomic mass is 32.2. The summed E-state index contributed by atoms with van der Waals surface area (Å²) >= 11 is 1.30. The Balaban J connectivity index is 1.60. The zero-order chi connectivity index (χ0) is 19.9. The fourth-order valence-corrected chi connectivity index (χ4v) is 3.32. The number of rotatable bonds is 7. The van der Waals surface area contributed by atoms with Gasteiger partial charge in [-0.2, -0.15) is 5.10 Å². The maximum atomic E-state index is 12.0. The van der Waals surface area contributed by atoms with Crippen LogP contribution in [0.4, 0.5) is 0 Å². The molecule has 2 N–H and O–H groups in total. The SMILES string of the molecule is CCn1c(SCC(=O)N/N=C\c2ccccc2O)nnc1-c1ccc(C)cc1. The quantitative estimate of drug-likeness (QED) is 0.364. The maximum Gasteiger partial charge on any atom is 0.250 e. The molecular weight excluding hydrogens is 374 g/mol. The summed E-state index contributed by atoms with van der Waals surface area (Å²) in [5.74, 6) is 0.779. The maximum absolute atomic E-state index is 12.0. The molecule has 28 heavy (non-hydrogen) atoms. The van der Waals surface area contributed by atoms with Crippen LogP contribution in [0.1, 0.15) is 18.1 Å². The highest BCUT2D eigenvalue weighted by molar-refractivity contribution is 7.99. The number of nitrogens with one attached hydrogen (secondary N) is 1. The van der Waals surface area contributed by atoms with Crippen LogP contribution in [0.3, 0.4) is 0 Å². The molecule has 0 spiro atoms. The first-order valence-corrected chi connectivity index (χ1v) is 9.80. The first-order valence-electron chi connectivity index (χ1n) is 8.81.